The van der Waals surface area contributed by atoms with Crippen LogP contribution in [0.2, 0.25) is 0 Å². The fourth-order valence-corrected chi connectivity index (χ4v) is 1.91. The minimum absolute atomic E-state index is 0.306. The minimum Gasteiger partial charge on any atom is -0.389 e. The number of terminal acetylenes is 1. The molecule has 0 saturated carbocycles. The summed E-state index contributed by atoms with van der Waals surface area (Å²) in [5.74, 6) is 2.64. The highest BCUT2D eigenvalue weighted by Gasteiger charge is 2.22. The van der Waals surface area contributed by atoms with Gasteiger partial charge < -0.3 is 14.7 Å². The maximum Gasteiger partial charge on any atom is 0.125 e. The maximum atomic E-state index is 9.97. The number of likely N-dealkylation sites (N-methyl/N-ethyl adjacent to an activating group) is 1. The average molecular weight is 254 g/mol. The Morgan fingerprint density at radius 2 is 2.00 bits per heavy atom. The normalized spacial score (nSPS) is 23.3. The Labute approximate surface area is 111 Å². The second kappa shape index (κ2) is 7.10. The molecule has 0 amide bonds. The highest BCUT2D eigenvalue weighted by molar-refractivity contribution is 5.05. The summed E-state index contributed by atoms with van der Waals surface area (Å²) in [6, 6.07) is 0. The van der Waals surface area contributed by atoms with Crippen LogP contribution in [0.25, 0.3) is 0 Å². The molecule has 0 spiro atoms. The van der Waals surface area contributed by atoms with Gasteiger partial charge in [-0.05, 0) is 20.4 Å². The Kier molecular flexibility index (Phi) is 6.10. The van der Waals surface area contributed by atoms with Gasteiger partial charge in [0.05, 0.1) is 12.7 Å². The molecule has 0 radical (unpaired) electrons. The lowest BCUT2D eigenvalue weighted by Crippen LogP contribution is -2.48. The second-order valence-corrected chi connectivity index (χ2v) is 5.30. The van der Waals surface area contributed by atoms with Gasteiger partial charge in [-0.15, -0.1) is 6.42 Å². The maximum absolute atomic E-state index is 9.97. The fraction of sp³-hybridized carbons (Fsp3) is 0.857. The Morgan fingerprint density at radius 1 is 1.39 bits per heavy atom. The molecule has 104 valence electrons. The van der Waals surface area contributed by atoms with Gasteiger partial charge in [0.1, 0.15) is 5.60 Å². The number of aliphatic hydroxyl groups excluding tert-OH is 1. The van der Waals surface area contributed by atoms with Crippen molar-refractivity contribution >= 4 is 0 Å². The molecule has 2 atom stereocenters. The summed E-state index contributed by atoms with van der Waals surface area (Å²) in [6.07, 6.45) is 5.72. The van der Waals surface area contributed by atoms with E-state index in [9.17, 15) is 5.11 Å². The Balaban J connectivity index is 2.25. The van der Waals surface area contributed by atoms with Crippen LogP contribution in [0, 0.1) is 12.3 Å². The number of nitrogens with zero attached hydrogens (tertiary/aromatic N) is 2. The molecule has 18 heavy (non-hydrogen) atoms. The number of rotatable bonds is 6. The number of hydrogen-bond donors (Lipinski definition) is 1. The zero-order chi connectivity index (χ0) is 13.6. The molecule has 0 aromatic heterocycles. The zero-order valence-electron chi connectivity index (χ0n) is 11.9. The highest BCUT2D eigenvalue weighted by Crippen LogP contribution is 2.14. The number of hydrogen-bond acceptors (Lipinski definition) is 4. The van der Waals surface area contributed by atoms with Crippen LogP contribution in [0.1, 0.15) is 20.3 Å². The molecular weight excluding hydrogens is 228 g/mol. The minimum atomic E-state index is -0.552. The Hall–Kier alpha value is -0.600. The lowest BCUT2D eigenvalue weighted by Gasteiger charge is -2.34. The molecule has 4 nitrogen and oxygen atoms in total. The van der Waals surface area contributed by atoms with Gasteiger partial charge in [0.2, 0.25) is 0 Å². The SMILES string of the molecule is C#C[C@](C)(CC)OC[C@@H](O)CN1CCN(C)CC1. The molecule has 0 aromatic carbocycles. The number of piperazine rings is 1. The molecule has 1 heterocycles. The molecular formula is C14H26N2O2. The Bertz CT molecular complexity index is 282. The summed E-state index contributed by atoms with van der Waals surface area (Å²) < 4.78 is 5.63. The molecule has 1 aliphatic rings. The average Bonchev–Trinajstić information content (AvgIpc) is 2.39. The predicted molar refractivity (Wildman–Crippen MR) is 73.4 cm³/mol. The van der Waals surface area contributed by atoms with Crippen LogP contribution in [-0.2, 0) is 4.74 Å². The Morgan fingerprint density at radius 3 is 2.50 bits per heavy atom. The van der Waals surface area contributed by atoms with Gasteiger partial charge in [0.25, 0.3) is 0 Å². The summed E-state index contributed by atoms with van der Waals surface area (Å²) >= 11 is 0. The van der Waals surface area contributed by atoms with Crippen molar-refractivity contribution in [3.05, 3.63) is 0 Å². The third-order valence-corrected chi connectivity index (χ3v) is 3.64. The zero-order valence-corrected chi connectivity index (χ0v) is 11.9. The van der Waals surface area contributed by atoms with Gasteiger partial charge in [-0.3, -0.25) is 4.90 Å². The van der Waals surface area contributed by atoms with E-state index in [2.05, 4.69) is 22.8 Å². The van der Waals surface area contributed by atoms with E-state index in [0.29, 0.717) is 13.2 Å². The van der Waals surface area contributed by atoms with E-state index < -0.39 is 11.7 Å². The van der Waals surface area contributed by atoms with Crippen molar-refractivity contribution in [1.82, 2.24) is 9.80 Å². The predicted octanol–water partition coefficient (Wildman–Crippen LogP) is 0.413. The molecule has 1 N–H and O–H groups in total. The molecule has 0 unspecified atom stereocenters. The molecule has 0 aromatic rings. The second-order valence-electron chi connectivity index (χ2n) is 5.30. The first-order valence-corrected chi connectivity index (χ1v) is 6.70. The van der Waals surface area contributed by atoms with Crippen LogP contribution in [0.4, 0.5) is 0 Å². The quantitative estimate of drug-likeness (QED) is 0.697. The summed E-state index contributed by atoms with van der Waals surface area (Å²) in [5, 5.41) is 9.97. The van der Waals surface area contributed by atoms with E-state index in [1.165, 1.54) is 0 Å². The van der Waals surface area contributed by atoms with Crippen LogP contribution >= 0.6 is 0 Å². The van der Waals surface area contributed by atoms with Crippen molar-refractivity contribution in [2.45, 2.75) is 32.0 Å². The van der Waals surface area contributed by atoms with Crippen molar-refractivity contribution < 1.29 is 9.84 Å². The first-order valence-electron chi connectivity index (χ1n) is 6.70. The van der Waals surface area contributed by atoms with Gasteiger partial charge >= 0.3 is 0 Å². The van der Waals surface area contributed by atoms with Crippen LogP contribution in [0.5, 0.6) is 0 Å². The van der Waals surface area contributed by atoms with Gasteiger partial charge in [-0.1, -0.05) is 12.8 Å². The molecule has 1 rings (SSSR count). The summed E-state index contributed by atoms with van der Waals surface area (Å²) in [7, 11) is 2.12. The largest absolute Gasteiger partial charge is 0.389 e. The summed E-state index contributed by atoms with van der Waals surface area (Å²) in [6.45, 7) is 8.98. The molecule has 4 heteroatoms. The van der Waals surface area contributed by atoms with Gasteiger partial charge in [0, 0.05) is 32.7 Å². The molecule has 1 aliphatic heterocycles. The molecule has 1 fully saturated rings. The van der Waals surface area contributed by atoms with E-state index in [4.69, 9.17) is 11.2 Å². The monoisotopic (exact) mass is 254 g/mol. The van der Waals surface area contributed by atoms with Crippen LogP contribution in [0.3, 0.4) is 0 Å². The third kappa shape index (κ3) is 4.95. The standard InChI is InChI=1S/C14H26N2O2/c1-5-14(3,6-2)18-12-13(17)11-16-9-7-15(4)8-10-16/h1,13,17H,6-12H2,2-4H3/t13-,14+/m0/s1. The first-order chi connectivity index (χ1) is 8.49. The molecule has 1 saturated heterocycles. The number of aliphatic hydroxyl groups is 1. The lowest BCUT2D eigenvalue weighted by molar-refractivity contribution is -0.0495. The van der Waals surface area contributed by atoms with Crippen molar-refractivity contribution in [2.75, 3.05) is 46.4 Å². The van der Waals surface area contributed by atoms with Crippen molar-refractivity contribution in [3.8, 4) is 12.3 Å². The summed E-state index contributed by atoms with van der Waals surface area (Å²) in [4.78, 5) is 4.57. The smallest absolute Gasteiger partial charge is 0.125 e. The van der Waals surface area contributed by atoms with E-state index in [-0.39, 0.29) is 0 Å². The lowest BCUT2D eigenvalue weighted by atomic mass is 10.1. The van der Waals surface area contributed by atoms with Gasteiger partial charge in [0.15, 0.2) is 0 Å². The molecule has 0 bridgehead atoms. The van der Waals surface area contributed by atoms with Crippen LogP contribution in [0.15, 0.2) is 0 Å². The van der Waals surface area contributed by atoms with Crippen molar-refractivity contribution in [3.63, 3.8) is 0 Å². The summed E-state index contributed by atoms with van der Waals surface area (Å²) in [5.41, 5.74) is -0.552. The van der Waals surface area contributed by atoms with E-state index in [1.807, 2.05) is 13.8 Å². The topological polar surface area (TPSA) is 35.9 Å². The van der Waals surface area contributed by atoms with Crippen molar-refractivity contribution in [1.29, 1.82) is 0 Å². The van der Waals surface area contributed by atoms with Gasteiger partial charge in [-0.2, -0.15) is 0 Å². The fourth-order valence-electron chi connectivity index (χ4n) is 1.91. The number of ether oxygens (including phenoxy) is 1. The number of β-amino-alcohol motifs (C(OH)–C–C–N with tert-alkyl or cyclic N) is 1. The molecule has 0 aliphatic carbocycles. The first kappa shape index (κ1) is 15.5. The van der Waals surface area contributed by atoms with Crippen molar-refractivity contribution in [2.24, 2.45) is 0 Å². The van der Waals surface area contributed by atoms with E-state index in [0.717, 1.165) is 32.6 Å². The highest BCUT2D eigenvalue weighted by atomic mass is 16.5. The third-order valence-electron chi connectivity index (χ3n) is 3.64. The van der Waals surface area contributed by atoms with Crippen LogP contribution in [-0.4, -0.2) is 73.0 Å². The van der Waals surface area contributed by atoms with E-state index in [1.54, 1.807) is 0 Å². The van der Waals surface area contributed by atoms with Gasteiger partial charge in [-0.25, -0.2) is 0 Å². The van der Waals surface area contributed by atoms with Crippen LogP contribution < -0.4 is 0 Å². The van der Waals surface area contributed by atoms with E-state index >= 15 is 0 Å².